The predicted octanol–water partition coefficient (Wildman–Crippen LogP) is 3.76. The number of nitrogens with one attached hydrogen (secondary N) is 1. The van der Waals surface area contributed by atoms with Crippen molar-refractivity contribution in [2.24, 2.45) is 5.92 Å². The molecule has 1 fully saturated rings. The first-order valence-electron chi connectivity index (χ1n) is 8.39. The van der Waals surface area contributed by atoms with E-state index in [2.05, 4.69) is 48.3 Å². The zero-order valence-corrected chi connectivity index (χ0v) is 13.8. The van der Waals surface area contributed by atoms with Gasteiger partial charge in [-0.1, -0.05) is 25.1 Å². The number of ether oxygens (including phenoxy) is 1. The number of piperidine rings is 1. The summed E-state index contributed by atoms with van der Waals surface area (Å²) in [5, 5.41) is 3.73. The molecule has 1 N–H and O–H groups in total. The number of rotatable bonds is 7. The number of nitrogens with zero attached hydrogens (tertiary/aromatic N) is 1. The van der Waals surface area contributed by atoms with Crippen molar-refractivity contribution in [3.05, 3.63) is 29.8 Å². The van der Waals surface area contributed by atoms with Gasteiger partial charge in [-0.2, -0.15) is 0 Å². The van der Waals surface area contributed by atoms with E-state index in [9.17, 15) is 0 Å². The average Bonchev–Trinajstić information content (AvgIpc) is 2.54. The Morgan fingerprint density at radius 3 is 2.90 bits per heavy atom. The van der Waals surface area contributed by atoms with E-state index in [1.54, 1.807) is 0 Å². The Morgan fingerprint density at radius 2 is 2.14 bits per heavy atom. The van der Waals surface area contributed by atoms with Gasteiger partial charge in [0, 0.05) is 30.4 Å². The summed E-state index contributed by atoms with van der Waals surface area (Å²) in [4.78, 5) is 2.57. The van der Waals surface area contributed by atoms with Crippen molar-refractivity contribution in [3.8, 4) is 0 Å². The van der Waals surface area contributed by atoms with Crippen molar-refractivity contribution >= 4 is 5.69 Å². The van der Waals surface area contributed by atoms with E-state index < -0.39 is 0 Å². The molecular formula is C18H30N2O. The molecule has 1 saturated heterocycles. The molecule has 0 radical (unpaired) electrons. The summed E-state index contributed by atoms with van der Waals surface area (Å²) in [5.74, 6) is 0.735. The van der Waals surface area contributed by atoms with E-state index in [4.69, 9.17) is 4.74 Å². The smallest absolute Gasteiger partial charge is 0.0736 e. The maximum absolute atomic E-state index is 5.57. The lowest BCUT2D eigenvalue weighted by Gasteiger charge is -2.36. The SMILES string of the molecule is CCOCc1ccccc1NC(C)C1CCCN(CC)C1. The summed E-state index contributed by atoms with van der Waals surface area (Å²) in [6.07, 6.45) is 2.66. The molecule has 3 nitrogen and oxygen atoms in total. The summed E-state index contributed by atoms with van der Waals surface area (Å²) < 4.78 is 5.57. The normalized spacial score (nSPS) is 21.2. The molecule has 1 heterocycles. The van der Waals surface area contributed by atoms with Crippen LogP contribution in [0.5, 0.6) is 0 Å². The fraction of sp³-hybridized carbons (Fsp3) is 0.667. The Bertz CT molecular complexity index is 421. The van der Waals surface area contributed by atoms with Gasteiger partial charge in [-0.15, -0.1) is 0 Å². The number of para-hydroxylation sites is 1. The van der Waals surface area contributed by atoms with Crippen LogP contribution >= 0.6 is 0 Å². The van der Waals surface area contributed by atoms with Gasteiger partial charge in [-0.05, 0) is 51.8 Å². The molecule has 0 amide bonds. The van der Waals surface area contributed by atoms with E-state index in [0.29, 0.717) is 12.6 Å². The number of hydrogen-bond donors (Lipinski definition) is 1. The standard InChI is InChI=1S/C18H30N2O/c1-4-20-12-8-10-16(13-20)15(3)19-18-11-7-6-9-17(18)14-21-5-2/h6-7,9,11,15-16,19H,4-5,8,10,12-14H2,1-3H3. The molecule has 3 heteroatoms. The zero-order valence-electron chi connectivity index (χ0n) is 13.8. The third kappa shape index (κ3) is 4.72. The molecule has 2 unspecified atom stereocenters. The van der Waals surface area contributed by atoms with Crippen molar-refractivity contribution in [3.63, 3.8) is 0 Å². The zero-order chi connectivity index (χ0) is 15.1. The van der Waals surface area contributed by atoms with Gasteiger partial charge >= 0.3 is 0 Å². The predicted molar refractivity (Wildman–Crippen MR) is 89.7 cm³/mol. The Labute approximate surface area is 129 Å². The highest BCUT2D eigenvalue weighted by molar-refractivity contribution is 5.51. The second-order valence-electron chi connectivity index (χ2n) is 6.02. The van der Waals surface area contributed by atoms with Crippen molar-refractivity contribution < 1.29 is 4.74 Å². The second kappa shape index (κ2) is 8.40. The molecule has 2 rings (SSSR count). The highest BCUT2D eigenvalue weighted by Gasteiger charge is 2.24. The molecule has 21 heavy (non-hydrogen) atoms. The molecule has 2 atom stereocenters. The number of anilines is 1. The van der Waals surface area contributed by atoms with Crippen LogP contribution in [-0.2, 0) is 11.3 Å². The van der Waals surface area contributed by atoms with Gasteiger partial charge in [-0.3, -0.25) is 0 Å². The molecule has 0 bridgehead atoms. The minimum absolute atomic E-state index is 0.502. The molecule has 0 saturated carbocycles. The first-order valence-corrected chi connectivity index (χ1v) is 8.39. The summed E-state index contributed by atoms with van der Waals surface area (Å²) in [7, 11) is 0. The molecule has 0 aliphatic carbocycles. The minimum Gasteiger partial charge on any atom is -0.382 e. The Hall–Kier alpha value is -1.06. The van der Waals surface area contributed by atoms with Gasteiger partial charge in [0.25, 0.3) is 0 Å². The summed E-state index contributed by atoms with van der Waals surface area (Å²) >= 11 is 0. The Kier molecular flexibility index (Phi) is 6.52. The van der Waals surface area contributed by atoms with E-state index in [0.717, 1.165) is 12.5 Å². The molecule has 0 spiro atoms. The number of likely N-dealkylation sites (tertiary alicyclic amines) is 1. The summed E-state index contributed by atoms with van der Waals surface area (Å²) in [6.45, 7) is 11.7. The lowest BCUT2D eigenvalue weighted by molar-refractivity contribution is 0.134. The number of hydrogen-bond acceptors (Lipinski definition) is 3. The monoisotopic (exact) mass is 290 g/mol. The topological polar surface area (TPSA) is 24.5 Å². The third-order valence-electron chi connectivity index (χ3n) is 4.56. The van der Waals surface area contributed by atoms with Crippen molar-refractivity contribution in [1.29, 1.82) is 0 Å². The van der Waals surface area contributed by atoms with Gasteiger partial charge in [0.05, 0.1) is 6.61 Å². The van der Waals surface area contributed by atoms with Crippen LogP contribution in [0.2, 0.25) is 0 Å². The maximum atomic E-state index is 5.57. The second-order valence-corrected chi connectivity index (χ2v) is 6.02. The molecule has 1 aliphatic heterocycles. The minimum atomic E-state index is 0.502. The van der Waals surface area contributed by atoms with Gasteiger partial charge in [-0.25, -0.2) is 0 Å². The van der Waals surface area contributed by atoms with Gasteiger partial charge in [0.2, 0.25) is 0 Å². The Morgan fingerprint density at radius 1 is 1.33 bits per heavy atom. The van der Waals surface area contributed by atoms with E-state index in [1.807, 2.05) is 6.92 Å². The average molecular weight is 290 g/mol. The van der Waals surface area contributed by atoms with Gasteiger partial charge in [0.1, 0.15) is 0 Å². The Balaban J connectivity index is 1.97. The molecular weight excluding hydrogens is 260 g/mol. The van der Waals surface area contributed by atoms with Crippen LogP contribution in [0.4, 0.5) is 5.69 Å². The van der Waals surface area contributed by atoms with Crippen LogP contribution in [0.3, 0.4) is 0 Å². The maximum Gasteiger partial charge on any atom is 0.0736 e. The van der Waals surface area contributed by atoms with Crippen LogP contribution in [0.1, 0.15) is 39.2 Å². The lowest BCUT2D eigenvalue weighted by atomic mass is 9.91. The van der Waals surface area contributed by atoms with Crippen LogP contribution in [0, 0.1) is 5.92 Å². The van der Waals surface area contributed by atoms with Crippen molar-refractivity contribution in [1.82, 2.24) is 4.90 Å². The van der Waals surface area contributed by atoms with Crippen molar-refractivity contribution in [2.75, 3.05) is 31.6 Å². The van der Waals surface area contributed by atoms with Gasteiger partial charge < -0.3 is 15.0 Å². The molecule has 0 aromatic heterocycles. The van der Waals surface area contributed by atoms with Crippen LogP contribution < -0.4 is 5.32 Å². The molecule has 1 aliphatic rings. The summed E-state index contributed by atoms with van der Waals surface area (Å²) in [6, 6.07) is 9.02. The van der Waals surface area contributed by atoms with E-state index >= 15 is 0 Å². The highest BCUT2D eigenvalue weighted by Crippen LogP contribution is 2.24. The largest absolute Gasteiger partial charge is 0.382 e. The molecule has 1 aromatic rings. The first kappa shape index (κ1) is 16.3. The quantitative estimate of drug-likeness (QED) is 0.827. The fourth-order valence-electron chi connectivity index (χ4n) is 3.15. The van der Waals surface area contributed by atoms with E-state index in [-0.39, 0.29) is 0 Å². The highest BCUT2D eigenvalue weighted by atomic mass is 16.5. The first-order chi connectivity index (χ1) is 10.2. The summed E-state index contributed by atoms with van der Waals surface area (Å²) in [5.41, 5.74) is 2.49. The number of benzene rings is 1. The molecule has 1 aromatic carbocycles. The van der Waals surface area contributed by atoms with Crippen molar-refractivity contribution in [2.45, 2.75) is 46.3 Å². The van der Waals surface area contributed by atoms with Crippen LogP contribution in [-0.4, -0.2) is 37.2 Å². The van der Waals surface area contributed by atoms with Gasteiger partial charge in [0.15, 0.2) is 0 Å². The fourth-order valence-corrected chi connectivity index (χ4v) is 3.15. The molecule has 118 valence electrons. The van der Waals surface area contributed by atoms with E-state index in [1.165, 1.54) is 43.7 Å². The van der Waals surface area contributed by atoms with Crippen LogP contribution in [0.15, 0.2) is 24.3 Å². The third-order valence-corrected chi connectivity index (χ3v) is 4.56. The lowest BCUT2D eigenvalue weighted by Crippen LogP contribution is -2.41. The van der Waals surface area contributed by atoms with Crippen LogP contribution in [0.25, 0.3) is 0 Å².